The van der Waals surface area contributed by atoms with Gasteiger partial charge in [-0.3, -0.25) is 0 Å². The fraction of sp³-hybridized carbons (Fsp3) is 0.267. The molecule has 0 amide bonds. The minimum Gasteiger partial charge on any atom is -0.438 e. The summed E-state index contributed by atoms with van der Waals surface area (Å²) in [5, 5.41) is 10.2. The number of aliphatic hydroxyl groups excluding tert-OH is 1. The molecule has 19 heavy (non-hydrogen) atoms. The summed E-state index contributed by atoms with van der Waals surface area (Å²) in [5.74, 6) is 1.21. The van der Waals surface area contributed by atoms with Gasteiger partial charge < -0.3 is 9.84 Å². The van der Waals surface area contributed by atoms with Gasteiger partial charge in [0.15, 0.2) is 0 Å². The number of hydrogen-bond acceptors (Lipinski definition) is 3. The van der Waals surface area contributed by atoms with Crippen LogP contribution in [0.2, 0.25) is 5.02 Å². The molecule has 3 nitrogen and oxygen atoms in total. The van der Waals surface area contributed by atoms with Crippen molar-refractivity contribution < 1.29 is 9.84 Å². The van der Waals surface area contributed by atoms with Crippen LogP contribution in [0.15, 0.2) is 30.5 Å². The van der Waals surface area contributed by atoms with Crippen molar-refractivity contribution in [3.05, 3.63) is 52.2 Å². The summed E-state index contributed by atoms with van der Waals surface area (Å²) in [7, 11) is 0. The number of hydrogen-bond donors (Lipinski definition) is 1. The van der Waals surface area contributed by atoms with Gasteiger partial charge in [-0.25, -0.2) is 4.98 Å². The Balaban J connectivity index is 2.34. The predicted octanol–water partition coefficient (Wildman–Crippen LogP) is 4.20. The number of pyridine rings is 1. The van der Waals surface area contributed by atoms with Crippen LogP contribution < -0.4 is 4.74 Å². The topological polar surface area (TPSA) is 42.4 Å². The first kappa shape index (κ1) is 13.8. The maximum Gasteiger partial charge on any atom is 0.219 e. The molecular formula is C15H16ClNO2. The van der Waals surface area contributed by atoms with Gasteiger partial charge in [0.05, 0.1) is 6.10 Å². The third-order valence-corrected chi connectivity index (χ3v) is 3.09. The molecule has 0 spiro atoms. The number of benzene rings is 1. The van der Waals surface area contributed by atoms with Crippen molar-refractivity contribution in [1.82, 2.24) is 4.98 Å². The lowest BCUT2D eigenvalue weighted by atomic mass is 10.1. The van der Waals surface area contributed by atoms with Crippen LogP contribution in [0.25, 0.3) is 0 Å². The quantitative estimate of drug-likeness (QED) is 0.914. The molecule has 0 bridgehead atoms. The van der Waals surface area contributed by atoms with Crippen molar-refractivity contribution in [2.75, 3.05) is 0 Å². The zero-order valence-corrected chi connectivity index (χ0v) is 11.9. The van der Waals surface area contributed by atoms with Gasteiger partial charge in [0.1, 0.15) is 5.75 Å². The largest absolute Gasteiger partial charge is 0.438 e. The highest BCUT2D eigenvalue weighted by atomic mass is 35.5. The van der Waals surface area contributed by atoms with Crippen molar-refractivity contribution in [2.24, 2.45) is 0 Å². The van der Waals surface area contributed by atoms with Gasteiger partial charge in [-0.1, -0.05) is 11.6 Å². The molecule has 0 aliphatic carbocycles. The number of ether oxygens (including phenoxy) is 1. The van der Waals surface area contributed by atoms with Crippen molar-refractivity contribution in [1.29, 1.82) is 0 Å². The van der Waals surface area contributed by atoms with E-state index in [0.29, 0.717) is 10.9 Å². The van der Waals surface area contributed by atoms with Gasteiger partial charge in [-0.05, 0) is 55.7 Å². The van der Waals surface area contributed by atoms with E-state index in [4.69, 9.17) is 16.3 Å². The summed E-state index contributed by atoms with van der Waals surface area (Å²) >= 11 is 5.99. The average molecular weight is 278 g/mol. The number of nitrogens with zero attached hydrogens (tertiary/aromatic N) is 1. The summed E-state index contributed by atoms with van der Waals surface area (Å²) in [6.45, 7) is 5.58. The van der Waals surface area contributed by atoms with E-state index in [1.54, 1.807) is 25.3 Å². The Morgan fingerprint density at radius 1 is 1.21 bits per heavy atom. The Morgan fingerprint density at radius 3 is 2.42 bits per heavy atom. The van der Waals surface area contributed by atoms with Gasteiger partial charge in [0.2, 0.25) is 5.88 Å². The molecule has 1 heterocycles. The van der Waals surface area contributed by atoms with Gasteiger partial charge in [0, 0.05) is 17.3 Å². The molecule has 1 unspecified atom stereocenters. The molecule has 0 radical (unpaired) electrons. The van der Waals surface area contributed by atoms with Crippen LogP contribution in [0.3, 0.4) is 0 Å². The lowest BCUT2D eigenvalue weighted by Crippen LogP contribution is -1.96. The van der Waals surface area contributed by atoms with E-state index in [0.717, 1.165) is 22.4 Å². The number of aryl methyl sites for hydroxylation is 2. The van der Waals surface area contributed by atoms with Gasteiger partial charge in [-0.15, -0.1) is 0 Å². The third kappa shape index (κ3) is 3.25. The molecule has 2 rings (SSSR count). The van der Waals surface area contributed by atoms with Crippen LogP contribution in [-0.4, -0.2) is 10.1 Å². The van der Waals surface area contributed by atoms with Crippen LogP contribution in [0.1, 0.15) is 29.7 Å². The molecule has 2 aromatic rings. The number of halogens is 1. The molecule has 1 atom stereocenters. The highest BCUT2D eigenvalue weighted by Gasteiger charge is 2.09. The first-order chi connectivity index (χ1) is 8.97. The first-order valence-electron chi connectivity index (χ1n) is 6.06. The molecule has 0 aliphatic heterocycles. The Labute approximate surface area is 117 Å². The van der Waals surface area contributed by atoms with Gasteiger partial charge in [-0.2, -0.15) is 0 Å². The van der Waals surface area contributed by atoms with Crippen LogP contribution in [0.4, 0.5) is 0 Å². The standard InChI is InChI=1S/C15H16ClNO2/c1-9-6-13(16)7-10(2)15(9)19-14-8-12(11(3)18)4-5-17-14/h4-8,11,18H,1-3H3. The van der Waals surface area contributed by atoms with Crippen LogP contribution in [-0.2, 0) is 0 Å². The molecule has 0 saturated heterocycles. The monoisotopic (exact) mass is 277 g/mol. The van der Waals surface area contributed by atoms with E-state index in [-0.39, 0.29) is 0 Å². The summed E-state index contributed by atoms with van der Waals surface area (Å²) in [6, 6.07) is 7.20. The molecule has 0 aliphatic rings. The second kappa shape index (κ2) is 5.59. The molecule has 4 heteroatoms. The van der Waals surface area contributed by atoms with Crippen molar-refractivity contribution in [3.8, 4) is 11.6 Å². The molecule has 100 valence electrons. The molecule has 0 saturated carbocycles. The maximum atomic E-state index is 9.56. The smallest absolute Gasteiger partial charge is 0.219 e. The van der Waals surface area contributed by atoms with Crippen LogP contribution >= 0.6 is 11.6 Å². The summed E-state index contributed by atoms with van der Waals surface area (Å²) in [4.78, 5) is 4.16. The minimum absolute atomic E-state index is 0.465. The normalized spacial score (nSPS) is 12.3. The molecule has 1 N–H and O–H groups in total. The molecule has 0 fully saturated rings. The molecule has 1 aromatic carbocycles. The molecule has 1 aromatic heterocycles. The second-order valence-corrected chi connectivity index (χ2v) is 5.01. The highest BCUT2D eigenvalue weighted by Crippen LogP contribution is 2.31. The fourth-order valence-electron chi connectivity index (χ4n) is 1.90. The highest BCUT2D eigenvalue weighted by molar-refractivity contribution is 6.30. The second-order valence-electron chi connectivity index (χ2n) is 4.57. The maximum absolute atomic E-state index is 9.56. The van der Waals surface area contributed by atoms with Crippen molar-refractivity contribution in [3.63, 3.8) is 0 Å². The van der Waals surface area contributed by atoms with Gasteiger partial charge >= 0.3 is 0 Å². The zero-order valence-electron chi connectivity index (χ0n) is 11.1. The van der Waals surface area contributed by atoms with Gasteiger partial charge in [0.25, 0.3) is 0 Å². The van der Waals surface area contributed by atoms with E-state index >= 15 is 0 Å². The molecular weight excluding hydrogens is 262 g/mol. The number of aliphatic hydroxyl groups is 1. The Bertz CT molecular complexity index is 573. The van der Waals surface area contributed by atoms with E-state index < -0.39 is 6.10 Å². The van der Waals surface area contributed by atoms with Crippen molar-refractivity contribution in [2.45, 2.75) is 26.9 Å². The first-order valence-corrected chi connectivity index (χ1v) is 6.44. The Hall–Kier alpha value is -1.58. The number of rotatable bonds is 3. The summed E-state index contributed by atoms with van der Waals surface area (Å²) < 4.78 is 5.80. The van der Waals surface area contributed by atoms with Crippen LogP contribution in [0, 0.1) is 13.8 Å². The van der Waals surface area contributed by atoms with E-state index in [1.807, 2.05) is 26.0 Å². The third-order valence-electron chi connectivity index (χ3n) is 2.87. The zero-order chi connectivity index (χ0) is 14.0. The van der Waals surface area contributed by atoms with Crippen LogP contribution in [0.5, 0.6) is 11.6 Å². The minimum atomic E-state index is -0.544. The SMILES string of the molecule is Cc1cc(Cl)cc(C)c1Oc1cc(C(C)O)ccn1. The van der Waals surface area contributed by atoms with E-state index in [9.17, 15) is 5.11 Å². The lowest BCUT2D eigenvalue weighted by molar-refractivity contribution is 0.198. The fourth-order valence-corrected chi connectivity index (χ4v) is 2.23. The summed E-state index contributed by atoms with van der Waals surface area (Å²) in [5.41, 5.74) is 2.68. The summed E-state index contributed by atoms with van der Waals surface area (Å²) in [6.07, 6.45) is 1.08. The lowest BCUT2D eigenvalue weighted by Gasteiger charge is -2.12. The Kier molecular flexibility index (Phi) is 4.08. The predicted molar refractivity (Wildman–Crippen MR) is 75.9 cm³/mol. The van der Waals surface area contributed by atoms with E-state index in [2.05, 4.69) is 4.98 Å². The van der Waals surface area contributed by atoms with Crippen molar-refractivity contribution >= 4 is 11.6 Å². The Morgan fingerprint density at radius 2 is 1.84 bits per heavy atom. The van der Waals surface area contributed by atoms with E-state index in [1.165, 1.54) is 0 Å². The average Bonchev–Trinajstić information content (AvgIpc) is 2.34. The number of aromatic nitrogens is 1.